The van der Waals surface area contributed by atoms with Crippen LogP contribution in [0.25, 0.3) is 17.7 Å². The Morgan fingerprint density at radius 3 is 2.02 bits per heavy atom. The van der Waals surface area contributed by atoms with Crippen molar-refractivity contribution < 1.29 is 20.8 Å². The number of fused-ring (bicyclic) bond motifs is 7. The predicted octanol–water partition coefficient (Wildman–Crippen LogP) is 11.3. The van der Waals surface area contributed by atoms with Gasteiger partial charge in [0.15, 0.2) is 0 Å². The van der Waals surface area contributed by atoms with Gasteiger partial charge in [-0.15, -0.1) is 33.7 Å². The van der Waals surface area contributed by atoms with E-state index in [9.17, 15) is 0 Å². The zero-order valence-corrected chi connectivity index (χ0v) is 34.4. The molecule has 0 amide bonds. The molecule has 0 saturated carbocycles. The molecule has 0 aromatic heterocycles. The first-order chi connectivity index (χ1) is 20.6. The Morgan fingerprint density at radius 2 is 1.49 bits per heavy atom. The van der Waals surface area contributed by atoms with Gasteiger partial charge < -0.3 is 0 Å². The summed E-state index contributed by atoms with van der Waals surface area (Å²) < 4.78 is 0. The summed E-state index contributed by atoms with van der Waals surface area (Å²) in [6, 6.07) is 0. The normalized spacial score (nSPS) is 26.2. The second-order valence-corrected chi connectivity index (χ2v) is 21.9. The number of hydrogen-bond donors (Lipinski definition) is 0. The van der Waals surface area contributed by atoms with Crippen molar-refractivity contribution in [2.24, 2.45) is 28.1 Å². The molecule has 5 aliphatic rings. The second kappa shape index (κ2) is 11.6. The summed E-state index contributed by atoms with van der Waals surface area (Å²) in [5.74, 6) is 0.746. The van der Waals surface area contributed by atoms with Gasteiger partial charge in [0.05, 0.1) is 0 Å². The van der Waals surface area contributed by atoms with Crippen molar-refractivity contribution in [1.29, 1.82) is 0 Å². The first-order valence-electron chi connectivity index (χ1n) is 17.0. The molecule has 0 saturated heterocycles. The van der Waals surface area contributed by atoms with Gasteiger partial charge >= 0.3 is 37.9 Å². The first-order valence-corrected chi connectivity index (χ1v) is 23.3. The molecule has 6 rings (SSSR count). The molecule has 0 fully saturated rings. The predicted molar refractivity (Wildman–Crippen MR) is 195 cm³/mol. The van der Waals surface area contributed by atoms with Gasteiger partial charge in [-0.05, 0) is 83.2 Å². The maximum absolute atomic E-state index is 4.93. The molecule has 0 N–H and O–H groups in total. The standard InChI is InChI=1S/C42H55.2ClH.Zr/c1-24(2)32-21-26-20-30-34(33(26)35(42(32,13)14)29-22-27(19-25(29)3)38(4,5)6)31-23-39(7,8)16-15-28(31)36-37(30)41(11,12)18-17-40(36,9)10;;;/h15-16,19,21-22,25,35H,17-18,23H2,1-14H3;2*1H;/q-1;;;+2/p-2. The summed E-state index contributed by atoms with van der Waals surface area (Å²) in [5, 5.41) is 2.97. The average molecular weight is 722 g/mol. The van der Waals surface area contributed by atoms with E-state index < -0.39 is 20.8 Å². The Hall–Kier alpha value is -0.877. The van der Waals surface area contributed by atoms with Crippen molar-refractivity contribution in [2.75, 3.05) is 0 Å². The van der Waals surface area contributed by atoms with Gasteiger partial charge in [-0.25, -0.2) is 0 Å². The summed E-state index contributed by atoms with van der Waals surface area (Å²) in [6.07, 6.45) is 20.4. The van der Waals surface area contributed by atoms with Crippen LogP contribution in [0.3, 0.4) is 0 Å². The van der Waals surface area contributed by atoms with Crippen LogP contribution in [0.4, 0.5) is 0 Å². The molecule has 45 heavy (non-hydrogen) atoms. The molecule has 0 spiro atoms. The van der Waals surface area contributed by atoms with Gasteiger partial charge in [-0.1, -0.05) is 141 Å². The van der Waals surface area contributed by atoms with Crippen molar-refractivity contribution in [3.05, 3.63) is 84.9 Å². The molecule has 0 radical (unpaired) electrons. The summed E-state index contributed by atoms with van der Waals surface area (Å²) in [5.41, 5.74) is 15.8. The minimum absolute atomic E-state index is 0.0141. The van der Waals surface area contributed by atoms with E-state index >= 15 is 0 Å². The fraction of sp³-hybridized carbons (Fsp3) is 0.571. The van der Waals surface area contributed by atoms with E-state index in [-0.39, 0.29) is 27.1 Å². The fourth-order valence-electron chi connectivity index (χ4n) is 9.20. The van der Waals surface area contributed by atoms with Crippen LogP contribution in [-0.2, 0) is 38.1 Å². The Morgan fingerprint density at radius 1 is 0.911 bits per heavy atom. The zero-order chi connectivity index (χ0) is 33.7. The van der Waals surface area contributed by atoms with Crippen LogP contribution in [0.2, 0.25) is 0 Å². The molecule has 0 heterocycles. The molecule has 5 aliphatic carbocycles. The van der Waals surface area contributed by atoms with Crippen LogP contribution in [0.15, 0.2) is 52.2 Å². The van der Waals surface area contributed by atoms with Crippen LogP contribution in [0.1, 0.15) is 132 Å². The van der Waals surface area contributed by atoms with Crippen LogP contribution in [-0.4, -0.2) is 0 Å². The third-order valence-electron chi connectivity index (χ3n) is 11.5. The topological polar surface area (TPSA) is 0 Å². The zero-order valence-electron chi connectivity index (χ0n) is 30.4. The molecule has 0 bridgehead atoms. The van der Waals surface area contributed by atoms with E-state index in [0.29, 0.717) is 11.8 Å². The van der Waals surface area contributed by atoms with Crippen LogP contribution >= 0.6 is 17.0 Å². The number of hydrogen-bond acceptors (Lipinski definition) is 0. The van der Waals surface area contributed by atoms with Crippen molar-refractivity contribution in [1.82, 2.24) is 0 Å². The van der Waals surface area contributed by atoms with Gasteiger partial charge in [-0.3, -0.25) is 0 Å². The van der Waals surface area contributed by atoms with Crippen molar-refractivity contribution in [3.63, 3.8) is 0 Å². The van der Waals surface area contributed by atoms with Crippen molar-refractivity contribution in [2.45, 2.75) is 127 Å². The van der Waals surface area contributed by atoms with Gasteiger partial charge in [0.1, 0.15) is 0 Å². The molecule has 242 valence electrons. The van der Waals surface area contributed by atoms with Crippen LogP contribution in [0, 0.1) is 28.1 Å². The first kappa shape index (κ1) is 35.4. The average Bonchev–Trinajstić information content (AvgIpc) is 3.46. The Balaban J connectivity index is 0.00000128. The minimum atomic E-state index is -0.826. The van der Waals surface area contributed by atoms with Crippen molar-refractivity contribution in [3.8, 4) is 0 Å². The number of allylic oxidation sites excluding steroid dienone is 9. The molecule has 0 nitrogen and oxygen atoms in total. The monoisotopic (exact) mass is 719 g/mol. The maximum atomic E-state index is 4.93. The summed E-state index contributed by atoms with van der Waals surface area (Å²) in [4.78, 5) is 0. The van der Waals surface area contributed by atoms with Gasteiger partial charge in [-0.2, -0.15) is 0 Å². The number of benzene rings is 1. The van der Waals surface area contributed by atoms with E-state index in [1.807, 2.05) is 0 Å². The molecule has 2 unspecified atom stereocenters. The Kier molecular flexibility index (Phi) is 9.15. The SMILES string of the molecule is CC(C)=C1C=C2[C-]=c3c4c(c5c(c3=C2C(C2=CC(C(C)(C)C)=CC2C)C1(C)C)CC(C)(C)C=C5)C(C)(C)CCC4(C)C.[Cl][Zr][Cl]. The van der Waals surface area contributed by atoms with Crippen LogP contribution < -0.4 is 10.4 Å². The van der Waals surface area contributed by atoms with Crippen LogP contribution in [0.5, 0.6) is 0 Å². The molecule has 1 aromatic rings. The quantitative estimate of drug-likeness (QED) is 0.253. The van der Waals surface area contributed by atoms with Gasteiger partial charge in [0.25, 0.3) is 0 Å². The number of rotatable bonds is 1. The molecule has 1 aromatic carbocycles. The van der Waals surface area contributed by atoms with Gasteiger partial charge in [0.2, 0.25) is 0 Å². The third kappa shape index (κ3) is 5.91. The third-order valence-corrected chi connectivity index (χ3v) is 11.5. The molecule has 3 heteroatoms. The molecular weight excluding hydrogens is 667 g/mol. The van der Waals surface area contributed by atoms with Gasteiger partial charge in [0, 0.05) is 0 Å². The van der Waals surface area contributed by atoms with E-state index in [1.165, 1.54) is 45.9 Å². The molecule has 2 atom stereocenters. The Bertz CT molecular complexity index is 1720. The summed E-state index contributed by atoms with van der Waals surface area (Å²) >= 11 is -0.826. The van der Waals surface area contributed by atoms with E-state index in [2.05, 4.69) is 133 Å². The summed E-state index contributed by atoms with van der Waals surface area (Å²) in [7, 11) is 9.87. The molecular formula is C42H55Cl2Zr-. The fourth-order valence-corrected chi connectivity index (χ4v) is 9.20. The van der Waals surface area contributed by atoms with E-state index in [4.69, 9.17) is 17.0 Å². The summed E-state index contributed by atoms with van der Waals surface area (Å²) in [6.45, 7) is 34.0. The van der Waals surface area contributed by atoms with Crippen molar-refractivity contribution >= 4 is 34.8 Å². The van der Waals surface area contributed by atoms with E-state index in [0.717, 1.165) is 6.42 Å². The number of halogens is 2. The molecule has 0 aliphatic heterocycles. The Labute approximate surface area is 293 Å². The van der Waals surface area contributed by atoms with E-state index in [1.54, 1.807) is 33.1 Å². The second-order valence-electron chi connectivity index (χ2n) is 18.2.